The zero-order valence-corrected chi connectivity index (χ0v) is 12.4. The van der Waals surface area contributed by atoms with E-state index in [1.807, 2.05) is 14.0 Å². The van der Waals surface area contributed by atoms with Gasteiger partial charge < -0.3 is 10.6 Å². The second-order valence-electron chi connectivity index (χ2n) is 4.46. The maximum Gasteiger partial charge on any atom is 0.266 e. The van der Waals surface area contributed by atoms with Crippen molar-refractivity contribution in [2.75, 3.05) is 13.6 Å². The third-order valence-electron chi connectivity index (χ3n) is 2.81. The lowest BCUT2D eigenvalue weighted by atomic mass is 10.2. The van der Waals surface area contributed by atoms with Crippen LogP contribution in [-0.4, -0.2) is 28.5 Å². The molecule has 0 aliphatic carbocycles. The van der Waals surface area contributed by atoms with Crippen LogP contribution in [0.4, 0.5) is 0 Å². The van der Waals surface area contributed by atoms with E-state index in [1.165, 1.54) is 0 Å². The molecule has 0 spiro atoms. The second-order valence-corrected chi connectivity index (χ2v) is 4.86. The summed E-state index contributed by atoms with van der Waals surface area (Å²) in [6, 6.07) is 3.32. The summed E-state index contributed by atoms with van der Waals surface area (Å²) in [5.41, 5.74) is 0.857. The van der Waals surface area contributed by atoms with Gasteiger partial charge in [0.05, 0.1) is 5.69 Å². The highest BCUT2D eigenvalue weighted by Crippen LogP contribution is 2.00. The number of hydrogen-bond acceptors (Lipinski definition) is 3. The Hall–Kier alpha value is -1.43. The molecule has 0 aliphatic rings. The Morgan fingerprint density at radius 1 is 1.32 bits per heavy atom. The largest absolute Gasteiger partial charge is 0.366 e. The molecule has 6 heteroatoms. The molecule has 0 atom stereocenters. The van der Waals surface area contributed by atoms with E-state index in [0.29, 0.717) is 11.7 Å². The van der Waals surface area contributed by atoms with Gasteiger partial charge in [0.25, 0.3) is 5.56 Å². The van der Waals surface area contributed by atoms with E-state index < -0.39 is 0 Å². The molecule has 0 fully saturated rings. The van der Waals surface area contributed by atoms with Crippen molar-refractivity contribution >= 4 is 17.3 Å². The first-order chi connectivity index (χ1) is 9.13. The summed E-state index contributed by atoms with van der Waals surface area (Å²) in [7, 11) is 1.81. The van der Waals surface area contributed by atoms with Crippen molar-refractivity contribution in [3.63, 3.8) is 0 Å². The van der Waals surface area contributed by atoms with Gasteiger partial charge in [-0.2, -0.15) is 5.10 Å². The van der Waals surface area contributed by atoms with Gasteiger partial charge in [0.1, 0.15) is 0 Å². The number of nitrogens with zero attached hydrogens (tertiary/aromatic N) is 2. The molecule has 1 rings (SSSR count). The number of nitrogens with one attached hydrogen (secondary N) is 2. The Morgan fingerprint density at radius 2 is 2.05 bits per heavy atom. The summed E-state index contributed by atoms with van der Waals surface area (Å²) < 4.78 is 1.55. The number of unbranched alkanes of at least 4 members (excludes halogenated alkanes) is 3. The summed E-state index contributed by atoms with van der Waals surface area (Å²) in [6.45, 7) is 3.48. The third kappa shape index (κ3) is 6.33. The van der Waals surface area contributed by atoms with Crippen LogP contribution in [0, 0.1) is 6.92 Å². The second kappa shape index (κ2) is 8.63. The van der Waals surface area contributed by atoms with Crippen LogP contribution in [0.2, 0.25) is 0 Å². The van der Waals surface area contributed by atoms with Gasteiger partial charge in [-0.1, -0.05) is 12.8 Å². The fourth-order valence-corrected chi connectivity index (χ4v) is 1.84. The summed E-state index contributed by atoms with van der Waals surface area (Å²) in [6.07, 6.45) is 4.28. The molecule has 0 bridgehead atoms. The average Bonchev–Trinajstić information content (AvgIpc) is 2.41. The zero-order chi connectivity index (χ0) is 14.1. The first-order valence-corrected chi connectivity index (χ1v) is 7.04. The molecular formula is C13H22N4OS. The maximum atomic E-state index is 11.5. The van der Waals surface area contributed by atoms with Crippen LogP contribution in [0.3, 0.4) is 0 Å². The minimum Gasteiger partial charge on any atom is -0.366 e. The molecule has 0 radical (unpaired) electrons. The SMILES string of the molecule is CNC(=S)NCCCCCCn1nc(C)ccc1=O. The van der Waals surface area contributed by atoms with Crippen molar-refractivity contribution in [2.45, 2.75) is 39.2 Å². The quantitative estimate of drug-likeness (QED) is 0.581. The molecule has 106 valence electrons. The summed E-state index contributed by atoms with van der Waals surface area (Å²) in [5, 5.41) is 10.9. The van der Waals surface area contributed by atoms with E-state index in [9.17, 15) is 4.79 Å². The van der Waals surface area contributed by atoms with Gasteiger partial charge in [0, 0.05) is 26.2 Å². The summed E-state index contributed by atoms with van der Waals surface area (Å²) >= 11 is 4.98. The lowest BCUT2D eigenvalue weighted by Crippen LogP contribution is -2.32. The predicted molar refractivity (Wildman–Crippen MR) is 81.4 cm³/mol. The van der Waals surface area contributed by atoms with Crippen LogP contribution < -0.4 is 16.2 Å². The molecule has 0 amide bonds. The highest BCUT2D eigenvalue weighted by atomic mass is 32.1. The molecule has 0 aliphatic heterocycles. The number of hydrogen-bond donors (Lipinski definition) is 2. The fourth-order valence-electron chi connectivity index (χ4n) is 1.74. The normalized spacial score (nSPS) is 10.2. The lowest BCUT2D eigenvalue weighted by molar-refractivity contribution is 0.510. The van der Waals surface area contributed by atoms with Crippen LogP contribution in [0.1, 0.15) is 31.4 Å². The molecule has 1 aromatic heterocycles. The van der Waals surface area contributed by atoms with E-state index in [4.69, 9.17) is 12.2 Å². The van der Waals surface area contributed by atoms with Crippen molar-refractivity contribution in [3.05, 3.63) is 28.2 Å². The van der Waals surface area contributed by atoms with E-state index >= 15 is 0 Å². The number of aryl methyl sites for hydroxylation is 2. The Morgan fingerprint density at radius 3 is 2.79 bits per heavy atom. The van der Waals surface area contributed by atoms with Crippen LogP contribution in [-0.2, 0) is 6.54 Å². The summed E-state index contributed by atoms with van der Waals surface area (Å²) in [5.74, 6) is 0. The monoisotopic (exact) mass is 282 g/mol. The molecule has 0 saturated carbocycles. The Labute approximate surface area is 119 Å². The first kappa shape index (κ1) is 15.6. The molecular weight excluding hydrogens is 260 g/mol. The van der Waals surface area contributed by atoms with Gasteiger partial charge in [-0.3, -0.25) is 4.79 Å². The topological polar surface area (TPSA) is 58.9 Å². The van der Waals surface area contributed by atoms with Gasteiger partial charge in [-0.15, -0.1) is 0 Å². The minimum absolute atomic E-state index is 0.0216. The predicted octanol–water partition coefficient (Wildman–Crippen LogP) is 1.21. The van der Waals surface area contributed by atoms with Gasteiger partial charge in [0.2, 0.25) is 0 Å². The molecule has 0 saturated heterocycles. The Bertz CT molecular complexity index is 458. The molecule has 1 aromatic rings. The highest BCUT2D eigenvalue weighted by Gasteiger charge is 1.98. The lowest BCUT2D eigenvalue weighted by Gasteiger charge is -2.07. The number of rotatable bonds is 7. The fraction of sp³-hybridized carbons (Fsp3) is 0.615. The smallest absolute Gasteiger partial charge is 0.266 e. The van der Waals surface area contributed by atoms with Crippen molar-refractivity contribution in [2.24, 2.45) is 0 Å². The van der Waals surface area contributed by atoms with Gasteiger partial charge >= 0.3 is 0 Å². The van der Waals surface area contributed by atoms with Crippen molar-refractivity contribution in [1.82, 2.24) is 20.4 Å². The summed E-state index contributed by atoms with van der Waals surface area (Å²) in [4.78, 5) is 11.5. The third-order valence-corrected chi connectivity index (χ3v) is 3.16. The van der Waals surface area contributed by atoms with Crippen molar-refractivity contribution in [1.29, 1.82) is 0 Å². The molecule has 0 unspecified atom stereocenters. The van der Waals surface area contributed by atoms with Gasteiger partial charge in [-0.05, 0) is 38.0 Å². The van der Waals surface area contributed by atoms with Gasteiger partial charge in [-0.25, -0.2) is 4.68 Å². The highest BCUT2D eigenvalue weighted by molar-refractivity contribution is 7.80. The van der Waals surface area contributed by atoms with E-state index in [-0.39, 0.29) is 5.56 Å². The molecule has 5 nitrogen and oxygen atoms in total. The van der Waals surface area contributed by atoms with E-state index in [2.05, 4.69) is 15.7 Å². The maximum absolute atomic E-state index is 11.5. The van der Waals surface area contributed by atoms with E-state index in [1.54, 1.807) is 16.8 Å². The molecule has 19 heavy (non-hydrogen) atoms. The molecule has 0 aromatic carbocycles. The van der Waals surface area contributed by atoms with Gasteiger partial charge in [0.15, 0.2) is 5.11 Å². The van der Waals surface area contributed by atoms with Crippen molar-refractivity contribution in [3.8, 4) is 0 Å². The van der Waals surface area contributed by atoms with Crippen LogP contribution >= 0.6 is 12.2 Å². The number of aromatic nitrogens is 2. The van der Waals surface area contributed by atoms with Crippen molar-refractivity contribution < 1.29 is 0 Å². The molecule has 1 heterocycles. The van der Waals surface area contributed by atoms with E-state index in [0.717, 1.165) is 37.9 Å². The van der Waals surface area contributed by atoms with Crippen LogP contribution in [0.15, 0.2) is 16.9 Å². The van der Waals surface area contributed by atoms with Crippen LogP contribution in [0.25, 0.3) is 0 Å². The minimum atomic E-state index is -0.0216. The molecule has 2 N–H and O–H groups in total. The Kier molecular flexibility index (Phi) is 7.10. The average molecular weight is 282 g/mol. The zero-order valence-electron chi connectivity index (χ0n) is 11.6. The standard InChI is InChI=1S/C13H22N4OS/c1-11-7-8-12(18)17(16-11)10-6-4-3-5-9-15-13(19)14-2/h7-8H,3-6,9-10H2,1-2H3,(H2,14,15,19). The number of thiocarbonyl (C=S) groups is 1. The Balaban J connectivity index is 2.12. The first-order valence-electron chi connectivity index (χ1n) is 6.64. The van der Waals surface area contributed by atoms with Crippen LogP contribution in [0.5, 0.6) is 0 Å².